The number of fused-ring (bicyclic) bond motifs is 1. The molecule has 0 bridgehead atoms. The van der Waals surface area contributed by atoms with Gasteiger partial charge in [-0.1, -0.05) is 29.8 Å². The molecular weight excluding hydrogens is 488 g/mol. The SMILES string of the molecule is COc1ccccc1NC(=O)c1sc2ncn(C(C)C(=O)Nc3cccc(Cl)c3C)c(=O)c2c1C. The highest BCUT2D eigenvalue weighted by Crippen LogP contribution is 2.30. The number of carbonyl (C=O) groups excluding carboxylic acids is 2. The van der Waals surface area contributed by atoms with Gasteiger partial charge in [0, 0.05) is 10.7 Å². The molecule has 0 aliphatic heterocycles. The number of ether oxygens (including phenoxy) is 1. The third-order valence-electron chi connectivity index (χ3n) is 5.76. The molecule has 0 aliphatic carbocycles. The van der Waals surface area contributed by atoms with E-state index in [1.165, 1.54) is 18.0 Å². The zero-order chi connectivity index (χ0) is 25.3. The van der Waals surface area contributed by atoms with E-state index in [2.05, 4.69) is 15.6 Å². The second kappa shape index (κ2) is 9.89. The Morgan fingerprint density at radius 1 is 1.06 bits per heavy atom. The van der Waals surface area contributed by atoms with Gasteiger partial charge in [-0.3, -0.25) is 19.0 Å². The molecule has 2 aromatic carbocycles. The van der Waals surface area contributed by atoms with Crippen LogP contribution < -0.4 is 20.9 Å². The van der Waals surface area contributed by atoms with Crippen molar-refractivity contribution in [2.24, 2.45) is 0 Å². The third-order valence-corrected chi connectivity index (χ3v) is 7.37. The first-order valence-corrected chi connectivity index (χ1v) is 11.9. The van der Waals surface area contributed by atoms with Crippen molar-refractivity contribution in [3.8, 4) is 5.75 Å². The summed E-state index contributed by atoms with van der Waals surface area (Å²) in [5.74, 6) is -0.237. The van der Waals surface area contributed by atoms with Crippen LogP contribution in [0.3, 0.4) is 0 Å². The monoisotopic (exact) mass is 510 g/mol. The third kappa shape index (κ3) is 4.65. The van der Waals surface area contributed by atoms with Gasteiger partial charge in [0.2, 0.25) is 5.91 Å². The van der Waals surface area contributed by atoms with Crippen LogP contribution in [0.2, 0.25) is 5.02 Å². The highest BCUT2D eigenvalue weighted by molar-refractivity contribution is 7.20. The number of aromatic nitrogens is 2. The summed E-state index contributed by atoms with van der Waals surface area (Å²) in [6.07, 6.45) is 1.33. The van der Waals surface area contributed by atoms with Gasteiger partial charge in [0.05, 0.1) is 29.4 Å². The highest BCUT2D eigenvalue weighted by atomic mass is 35.5. The van der Waals surface area contributed by atoms with Crippen LogP contribution in [0.15, 0.2) is 53.6 Å². The Morgan fingerprint density at radius 3 is 2.51 bits per heavy atom. The van der Waals surface area contributed by atoms with E-state index in [1.54, 1.807) is 63.2 Å². The summed E-state index contributed by atoms with van der Waals surface area (Å²) in [4.78, 5) is 44.4. The fourth-order valence-electron chi connectivity index (χ4n) is 3.66. The summed E-state index contributed by atoms with van der Waals surface area (Å²) < 4.78 is 6.55. The van der Waals surface area contributed by atoms with Crippen molar-refractivity contribution in [1.29, 1.82) is 0 Å². The summed E-state index contributed by atoms with van der Waals surface area (Å²) in [5.41, 5.74) is 1.92. The van der Waals surface area contributed by atoms with E-state index in [4.69, 9.17) is 16.3 Å². The van der Waals surface area contributed by atoms with E-state index in [-0.39, 0.29) is 11.8 Å². The molecule has 2 N–H and O–H groups in total. The van der Waals surface area contributed by atoms with Crippen molar-refractivity contribution in [2.45, 2.75) is 26.8 Å². The summed E-state index contributed by atoms with van der Waals surface area (Å²) in [5, 5.41) is 6.48. The molecule has 0 aliphatic rings. The maximum atomic E-state index is 13.3. The normalized spacial score (nSPS) is 11.8. The Morgan fingerprint density at radius 2 is 1.77 bits per heavy atom. The van der Waals surface area contributed by atoms with E-state index in [0.29, 0.717) is 42.8 Å². The fraction of sp³-hybridized carbons (Fsp3) is 0.200. The van der Waals surface area contributed by atoms with Gasteiger partial charge in [0.25, 0.3) is 11.5 Å². The predicted molar refractivity (Wildman–Crippen MR) is 139 cm³/mol. The molecule has 2 heterocycles. The number of hydrogen-bond acceptors (Lipinski definition) is 6. The first kappa shape index (κ1) is 24.4. The zero-order valence-electron chi connectivity index (χ0n) is 19.5. The van der Waals surface area contributed by atoms with Gasteiger partial charge in [0.1, 0.15) is 16.6 Å². The molecule has 1 atom stereocenters. The van der Waals surface area contributed by atoms with Crippen molar-refractivity contribution < 1.29 is 14.3 Å². The Hall–Kier alpha value is -3.69. The number of rotatable bonds is 6. The van der Waals surface area contributed by atoms with Gasteiger partial charge in [-0.15, -0.1) is 11.3 Å². The number of anilines is 2. The van der Waals surface area contributed by atoms with Crippen molar-refractivity contribution in [1.82, 2.24) is 9.55 Å². The number of nitrogens with one attached hydrogen (secondary N) is 2. The quantitative estimate of drug-likeness (QED) is 0.371. The molecule has 180 valence electrons. The lowest BCUT2D eigenvalue weighted by Gasteiger charge is -2.16. The molecule has 1 unspecified atom stereocenters. The predicted octanol–water partition coefficient (Wildman–Crippen LogP) is 5.19. The summed E-state index contributed by atoms with van der Waals surface area (Å²) >= 11 is 7.26. The molecule has 2 amide bonds. The van der Waals surface area contributed by atoms with E-state index in [1.807, 2.05) is 0 Å². The Kier molecular flexibility index (Phi) is 6.90. The number of benzene rings is 2. The molecule has 35 heavy (non-hydrogen) atoms. The number of para-hydroxylation sites is 2. The fourth-order valence-corrected chi connectivity index (χ4v) is 4.87. The molecule has 0 saturated heterocycles. The lowest BCUT2D eigenvalue weighted by molar-refractivity contribution is -0.118. The highest BCUT2D eigenvalue weighted by Gasteiger charge is 2.24. The van der Waals surface area contributed by atoms with Crippen molar-refractivity contribution in [2.75, 3.05) is 17.7 Å². The second-order valence-corrected chi connectivity index (χ2v) is 9.33. The average molecular weight is 511 g/mol. The molecule has 0 saturated carbocycles. The first-order chi connectivity index (χ1) is 16.7. The van der Waals surface area contributed by atoms with E-state index >= 15 is 0 Å². The van der Waals surface area contributed by atoms with Gasteiger partial charge in [-0.2, -0.15) is 0 Å². The number of thiophene rings is 1. The zero-order valence-corrected chi connectivity index (χ0v) is 21.1. The number of amides is 2. The molecule has 0 fully saturated rings. The standard InChI is InChI=1S/C25H23ClN4O4S/c1-13-16(26)8-7-10-17(13)28-22(31)15(3)30-12-27-24-20(25(30)33)14(2)21(35-24)23(32)29-18-9-5-6-11-19(18)34-4/h5-12,15H,1-4H3,(H,28,31)(H,29,32). The number of nitrogens with zero attached hydrogens (tertiary/aromatic N) is 2. The first-order valence-electron chi connectivity index (χ1n) is 10.7. The minimum Gasteiger partial charge on any atom is -0.495 e. The van der Waals surface area contributed by atoms with Crippen molar-refractivity contribution in [3.63, 3.8) is 0 Å². The molecule has 8 nitrogen and oxygen atoms in total. The number of hydrogen-bond donors (Lipinski definition) is 2. The maximum absolute atomic E-state index is 13.3. The molecule has 4 rings (SSSR count). The van der Waals surface area contributed by atoms with Crippen LogP contribution >= 0.6 is 22.9 Å². The Balaban J connectivity index is 1.64. The number of halogens is 1. The van der Waals surface area contributed by atoms with E-state index < -0.39 is 11.6 Å². The smallest absolute Gasteiger partial charge is 0.266 e. The van der Waals surface area contributed by atoms with Gasteiger partial charge in [-0.05, 0) is 56.2 Å². The van der Waals surface area contributed by atoms with E-state index in [9.17, 15) is 14.4 Å². The minimum atomic E-state index is -0.845. The molecular formula is C25H23ClN4O4S. The van der Waals surface area contributed by atoms with Gasteiger partial charge in [0.15, 0.2) is 0 Å². The largest absolute Gasteiger partial charge is 0.495 e. The minimum absolute atomic E-state index is 0.307. The lowest BCUT2D eigenvalue weighted by atomic mass is 10.1. The van der Waals surface area contributed by atoms with Crippen LogP contribution in [0.5, 0.6) is 5.75 Å². The van der Waals surface area contributed by atoms with Crippen LogP contribution in [0, 0.1) is 13.8 Å². The molecule has 0 spiro atoms. The average Bonchev–Trinajstić information content (AvgIpc) is 3.19. The number of carbonyl (C=O) groups is 2. The number of aryl methyl sites for hydroxylation is 1. The van der Waals surface area contributed by atoms with Crippen molar-refractivity contribution in [3.05, 3.63) is 80.2 Å². The Bertz CT molecular complexity index is 1510. The summed E-state index contributed by atoms with van der Waals surface area (Å²) in [7, 11) is 1.52. The summed E-state index contributed by atoms with van der Waals surface area (Å²) in [6, 6.07) is 11.4. The maximum Gasteiger partial charge on any atom is 0.266 e. The van der Waals surface area contributed by atoms with Gasteiger partial charge >= 0.3 is 0 Å². The van der Waals surface area contributed by atoms with Crippen LogP contribution in [-0.4, -0.2) is 28.5 Å². The van der Waals surface area contributed by atoms with Crippen LogP contribution in [0.1, 0.15) is 33.8 Å². The molecule has 2 aromatic heterocycles. The van der Waals surface area contributed by atoms with Crippen molar-refractivity contribution >= 4 is 56.3 Å². The van der Waals surface area contributed by atoms with Crippen LogP contribution in [-0.2, 0) is 4.79 Å². The second-order valence-electron chi connectivity index (χ2n) is 7.93. The lowest BCUT2D eigenvalue weighted by Crippen LogP contribution is -2.32. The van der Waals surface area contributed by atoms with Crippen LogP contribution in [0.4, 0.5) is 11.4 Å². The van der Waals surface area contributed by atoms with Gasteiger partial charge in [-0.25, -0.2) is 4.98 Å². The van der Waals surface area contributed by atoms with Gasteiger partial charge < -0.3 is 15.4 Å². The molecule has 4 aromatic rings. The van der Waals surface area contributed by atoms with Crippen LogP contribution in [0.25, 0.3) is 10.2 Å². The molecule has 0 radical (unpaired) electrons. The summed E-state index contributed by atoms with van der Waals surface area (Å²) in [6.45, 7) is 5.11. The van der Waals surface area contributed by atoms with E-state index in [0.717, 1.165) is 16.9 Å². The molecule has 10 heteroatoms. The Labute approximate surface area is 210 Å². The number of methoxy groups -OCH3 is 1. The topological polar surface area (TPSA) is 102 Å².